The fraction of sp³-hybridized carbons (Fsp3) is 0.381. The topological polar surface area (TPSA) is 66.2 Å². The third-order valence-electron chi connectivity index (χ3n) is 3.99. The van der Waals surface area contributed by atoms with Crippen molar-refractivity contribution >= 4 is 28.9 Å². The first kappa shape index (κ1) is 22.9. The highest BCUT2D eigenvalue weighted by Gasteiger charge is 2.31. The van der Waals surface area contributed by atoms with Gasteiger partial charge in [0, 0.05) is 6.20 Å². The molecule has 0 saturated heterocycles. The van der Waals surface area contributed by atoms with E-state index in [0.29, 0.717) is 22.9 Å². The SMILES string of the molecule is CC(Sc1nc2cccnc2n1Cc1ccc(OC(F)(F)F)cc1)C(=O)OC(C)(C)C. The van der Waals surface area contributed by atoms with Crippen molar-refractivity contribution in [2.45, 2.75) is 56.6 Å². The third kappa shape index (κ3) is 6.36. The van der Waals surface area contributed by atoms with Crippen LogP contribution in [0.1, 0.15) is 33.3 Å². The number of nitrogens with zero attached hydrogens (tertiary/aromatic N) is 3. The van der Waals surface area contributed by atoms with Gasteiger partial charge in [0.2, 0.25) is 0 Å². The molecule has 10 heteroatoms. The summed E-state index contributed by atoms with van der Waals surface area (Å²) in [6.07, 6.45) is -3.11. The predicted octanol–water partition coefficient (Wildman–Crippen LogP) is 5.20. The van der Waals surface area contributed by atoms with Gasteiger partial charge in [-0.25, -0.2) is 9.97 Å². The largest absolute Gasteiger partial charge is 0.573 e. The van der Waals surface area contributed by atoms with Crippen LogP contribution in [-0.4, -0.2) is 37.7 Å². The zero-order valence-electron chi connectivity index (χ0n) is 17.4. The van der Waals surface area contributed by atoms with Gasteiger partial charge in [0.1, 0.15) is 22.1 Å². The Morgan fingerprint density at radius 1 is 1.16 bits per heavy atom. The normalized spacial score (nSPS) is 13.3. The molecule has 3 aromatic rings. The Hall–Kier alpha value is -2.75. The monoisotopic (exact) mass is 453 g/mol. The molecule has 0 radical (unpaired) electrons. The van der Waals surface area contributed by atoms with Gasteiger partial charge in [-0.05, 0) is 57.5 Å². The number of halogens is 3. The maximum Gasteiger partial charge on any atom is 0.573 e. The standard InChI is InChI=1S/C21H22F3N3O3S/c1-13(18(28)30-20(2,3)4)31-19-26-16-6-5-11-25-17(16)27(19)12-14-7-9-15(10-8-14)29-21(22,23)24/h5-11,13H,12H2,1-4H3. The number of fused-ring (bicyclic) bond motifs is 1. The number of aromatic nitrogens is 3. The summed E-state index contributed by atoms with van der Waals surface area (Å²) in [5.41, 5.74) is 1.38. The van der Waals surface area contributed by atoms with Crippen LogP contribution in [0.2, 0.25) is 0 Å². The number of carbonyl (C=O) groups is 1. The molecule has 3 rings (SSSR count). The smallest absolute Gasteiger partial charge is 0.459 e. The van der Waals surface area contributed by atoms with E-state index in [-0.39, 0.29) is 11.7 Å². The lowest BCUT2D eigenvalue weighted by Crippen LogP contribution is -2.29. The maximum atomic E-state index is 12.4. The second-order valence-electron chi connectivity index (χ2n) is 7.81. The fourth-order valence-electron chi connectivity index (χ4n) is 2.74. The number of ether oxygens (including phenoxy) is 2. The lowest BCUT2D eigenvalue weighted by atomic mass is 10.2. The molecule has 0 saturated carbocycles. The number of esters is 1. The zero-order chi connectivity index (χ0) is 22.8. The molecule has 1 atom stereocenters. The van der Waals surface area contributed by atoms with Crippen LogP contribution < -0.4 is 4.74 Å². The molecule has 0 amide bonds. The fourth-order valence-corrected chi connectivity index (χ4v) is 3.63. The van der Waals surface area contributed by atoms with E-state index in [1.807, 2.05) is 4.57 Å². The number of hydrogen-bond acceptors (Lipinski definition) is 6. The number of hydrogen-bond donors (Lipinski definition) is 0. The maximum absolute atomic E-state index is 12.4. The molecule has 1 aromatic carbocycles. The first-order chi connectivity index (χ1) is 14.4. The Bertz CT molecular complexity index is 1060. The second-order valence-corrected chi connectivity index (χ2v) is 9.12. The summed E-state index contributed by atoms with van der Waals surface area (Å²) < 4.78 is 48.3. The highest BCUT2D eigenvalue weighted by Crippen LogP contribution is 2.29. The predicted molar refractivity (Wildman–Crippen MR) is 111 cm³/mol. The number of rotatable bonds is 6. The van der Waals surface area contributed by atoms with E-state index >= 15 is 0 Å². The molecule has 0 aliphatic rings. The van der Waals surface area contributed by atoms with Crippen molar-refractivity contribution in [3.05, 3.63) is 48.2 Å². The van der Waals surface area contributed by atoms with Gasteiger partial charge in [0.25, 0.3) is 0 Å². The van der Waals surface area contributed by atoms with Gasteiger partial charge >= 0.3 is 12.3 Å². The highest BCUT2D eigenvalue weighted by atomic mass is 32.2. The van der Waals surface area contributed by atoms with Crippen LogP contribution >= 0.6 is 11.8 Å². The summed E-state index contributed by atoms with van der Waals surface area (Å²) in [7, 11) is 0. The van der Waals surface area contributed by atoms with Crippen molar-refractivity contribution < 1.29 is 27.4 Å². The van der Waals surface area contributed by atoms with E-state index in [0.717, 1.165) is 5.56 Å². The summed E-state index contributed by atoms with van der Waals surface area (Å²) in [6, 6.07) is 9.16. The van der Waals surface area contributed by atoms with Crippen LogP contribution in [0, 0.1) is 0 Å². The first-order valence-corrected chi connectivity index (χ1v) is 10.3. The van der Waals surface area contributed by atoms with Crippen molar-refractivity contribution in [3.63, 3.8) is 0 Å². The van der Waals surface area contributed by atoms with E-state index in [2.05, 4.69) is 14.7 Å². The average Bonchev–Trinajstić information content (AvgIpc) is 2.98. The van der Waals surface area contributed by atoms with Crippen molar-refractivity contribution in [3.8, 4) is 5.75 Å². The minimum Gasteiger partial charge on any atom is -0.459 e. The van der Waals surface area contributed by atoms with Crippen LogP contribution in [0.3, 0.4) is 0 Å². The lowest BCUT2D eigenvalue weighted by molar-refractivity contribution is -0.274. The van der Waals surface area contributed by atoms with Gasteiger partial charge in [-0.3, -0.25) is 9.36 Å². The molecule has 31 heavy (non-hydrogen) atoms. The second kappa shape index (κ2) is 8.78. The summed E-state index contributed by atoms with van der Waals surface area (Å²) >= 11 is 1.24. The Labute approximate surface area is 181 Å². The minimum atomic E-state index is -4.74. The quantitative estimate of drug-likeness (QED) is 0.378. The zero-order valence-corrected chi connectivity index (χ0v) is 18.3. The van der Waals surface area contributed by atoms with Gasteiger partial charge < -0.3 is 9.47 Å². The molecule has 0 fully saturated rings. The molecule has 2 aromatic heterocycles. The molecule has 0 N–H and O–H groups in total. The first-order valence-electron chi connectivity index (χ1n) is 9.47. The Morgan fingerprint density at radius 2 is 1.84 bits per heavy atom. The van der Waals surface area contributed by atoms with Gasteiger partial charge in [-0.15, -0.1) is 13.2 Å². The minimum absolute atomic E-state index is 0.294. The van der Waals surface area contributed by atoms with E-state index in [4.69, 9.17) is 4.74 Å². The summed E-state index contributed by atoms with van der Waals surface area (Å²) in [6.45, 7) is 7.44. The number of benzene rings is 1. The molecule has 0 spiro atoms. The van der Waals surface area contributed by atoms with Crippen LogP contribution in [0.25, 0.3) is 11.2 Å². The van der Waals surface area contributed by atoms with Gasteiger partial charge in [0.15, 0.2) is 10.8 Å². The molecule has 0 aliphatic carbocycles. The van der Waals surface area contributed by atoms with Crippen LogP contribution in [0.4, 0.5) is 13.2 Å². The number of thioether (sulfide) groups is 1. The number of imidazole rings is 1. The van der Waals surface area contributed by atoms with Gasteiger partial charge in [-0.2, -0.15) is 0 Å². The summed E-state index contributed by atoms with van der Waals surface area (Å²) in [4.78, 5) is 21.3. The Balaban J connectivity index is 1.85. The van der Waals surface area contributed by atoms with E-state index < -0.39 is 17.2 Å². The van der Waals surface area contributed by atoms with Gasteiger partial charge in [-0.1, -0.05) is 23.9 Å². The molecule has 0 bridgehead atoms. The van der Waals surface area contributed by atoms with Crippen molar-refractivity contribution in [2.75, 3.05) is 0 Å². The van der Waals surface area contributed by atoms with Crippen LogP contribution in [-0.2, 0) is 16.1 Å². The molecule has 166 valence electrons. The third-order valence-corrected chi connectivity index (χ3v) is 5.06. The molecule has 0 aliphatic heterocycles. The van der Waals surface area contributed by atoms with Crippen molar-refractivity contribution in [1.29, 1.82) is 0 Å². The van der Waals surface area contributed by atoms with Crippen molar-refractivity contribution in [1.82, 2.24) is 14.5 Å². The molecular weight excluding hydrogens is 431 g/mol. The van der Waals surface area contributed by atoms with Gasteiger partial charge in [0.05, 0.1) is 6.54 Å². The van der Waals surface area contributed by atoms with Crippen LogP contribution in [0.15, 0.2) is 47.8 Å². The highest BCUT2D eigenvalue weighted by molar-refractivity contribution is 8.00. The number of alkyl halides is 3. The van der Waals surface area contributed by atoms with E-state index in [1.54, 1.807) is 58.2 Å². The molecular formula is C21H22F3N3O3S. The molecule has 2 heterocycles. The summed E-state index contributed by atoms with van der Waals surface area (Å²) in [5.74, 6) is -0.657. The summed E-state index contributed by atoms with van der Waals surface area (Å²) in [5, 5.41) is 0.0417. The van der Waals surface area contributed by atoms with E-state index in [1.165, 1.54) is 23.9 Å². The lowest BCUT2D eigenvalue weighted by Gasteiger charge is -2.22. The molecule has 6 nitrogen and oxygen atoms in total. The Morgan fingerprint density at radius 3 is 2.45 bits per heavy atom. The van der Waals surface area contributed by atoms with E-state index in [9.17, 15) is 18.0 Å². The van der Waals surface area contributed by atoms with Crippen LogP contribution in [0.5, 0.6) is 5.75 Å². The average molecular weight is 453 g/mol. The number of carbonyl (C=O) groups excluding carboxylic acids is 1. The molecule has 1 unspecified atom stereocenters. The Kier molecular flexibility index (Phi) is 6.49. The van der Waals surface area contributed by atoms with Crippen molar-refractivity contribution in [2.24, 2.45) is 0 Å². The number of pyridine rings is 1.